The molecule has 0 fully saturated rings. The van der Waals surface area contributed by atoms with Crippen LogP contribution in [0.4, 0.5) is 11.4 Å². The van der Waals surface area contributed by atoms with Crippen LogP contribution in [-0.4, -0.2) is 10.9 Å². The summed E-state index contributed by atoms with van der Waals surface area (Å²) in [6, 6.07) is 12.8. The number of fused-ring (bicyclic) bond motifs is 1. The number of nitrogens with one attached hydrogen (secondary N) is 1. The van der Waals surface area contributed by atoms with Crippen molar-refractivity contribution >= 4 is 44.0 Å². The lowest BCUT2D eigenvalue weighted by Gasteiger charge is -2.10. The number of aromatic nitrogens is 1. The van der Waals surface area contributed by atoms with E-state index >= 15 is 0 Å². The van der Waals surface area contributed by atoms with Crippen LogP contribution in [0.25, 0.3) is 10.8 Å². The molecule has 0 bridgehead atoms. The molecule has 5 heteroatoms. The normalized spacial score (nSPS) is 10.5. The third-order valence-electron chi connectivity index (χ3n) is 3.21. The van der Waals surface area contributed by atoms with Gasteiger partial charge in [-0.15, -0.1) is 0 Å². The van der Waals surface area contributed by atoms with E-state index in [4.69, 9.17) is 5.73 Å². The predicted molar refractivity (Wildman–Crippen MR) is 88.3 cm³/mol. The number of halogens is 1. The maximum Gasteiger partial charge on any atom is 0.256 e. The van der Waals surface area contributed by atoms with Crippen molar-refractivity contribution in [3.8, 4) is 0 Å². The van der Waals surface area contributed by atoms with E-state index in [9.17, 15) is 4.79 Å². The van der Waals surface area contributed by atoms with E-state index in [0.29, 0.717) is 15.7 Å². The average molecular weight is 342 g/mol. The highest BCUT2D eigenvalue weighted by Crippen LogP contribution is 2.26. The number of hydrogen-bond acceptors (Lipinski definition) is 3. The fourth-order valence-corrected chi connectivity index (χ4v) is 2.58. The first-order valence-corrected chi connectivity index (χ1v) is 7.14. The summed E-state index contributed by atoms with van der Waals surface area (Å²) in [6.45, 7) is 0. The van der Waals surface area contributed by atoms with Crippen molar-refractivity contribution < 1.29 is 4.79 Å². The zero-order valence-corrected chi connectivity index (χ0v) is 12.6. The standard InChI is InChI=1S/C16H12BrN3O/c17-15-11(4-2-5-13(15)18)16(21)20-14-6-1-3-10-7-8-19-9-12(10)14/h1-9H,18H2,(H,20,21). The molecule has 0 radical (unpaired) electrons. The number of anilines is 2. The molecule has 4 nitrogen and oxygen atoms in total. The molecule has 0 saturated carbocycles. The number of hydrogen-bond donors (Lipinski definition) is 2. The third-order valence-corrected chi connectivity index (χ3v) is 4.09. The molecular weight excluding hydrogens is 330 g/mol. The first-order valence-electron chi connectivity index (χ1n) is 6.35. The molecule has 1 aromatic heterocycles. The Kier molecular flexibility index (Phi) is 3.58. The maximum absolute atomic E-state index is 12.4. The van der Waals surface area contributed by atoms with Gasteiger partial charge in [-0.3, -0.25) is 9.78 Å². The number of nitrogen functional groups attached to an aromatic ring is 1. The lowest BCUT2D eigenvalue weighted by Crippen LogP contribution is -2.13. The van der Waals surface area contributed by atoms with Gasteiger partial charge in [0.1, 0.15) is 0 Å². The van der Waals surface area contributed by atoms with Gasteiger partial charge in [0.25, 0.3) is 5.91 Å². The smallest absolute Gasteiger partial charge is 0.256 e. The maximum atomic E-state index is 12.4. The van der Waals surface area contributed by atoms with Gasteiger partial charge in [-0.2, -0.15) is 0 Å². The first-order chi connectivity index (χ1) is 10.2. The van der Waals surface area contributed by atoms with Crippen LogP contribution in [0.5, 0.6) is 0 Å². The number of benzene rings is 2. The van der Waals surface area contributed by atoms with Gasteiger partial charge in [0.2, 0.25) is 0 Å². The molecule has 0 spiro atoms. The summed E-state index contributed by atoms with van der Waals surface area (Å²) < 4.78 is 0.598. The van der Waals surface area contributed by atoms with E-state index in [-0.39, 0.29) is 5.91 Å². The van der Waals surface area contributed by atoms with Gasteiger partial charge in [0.05, 0.1) is 15.7 Å². The molecule has 0 saturated heterocycles. The first kappa shape index (κ1) is 13.6. The summed E-state index contributed by atoms with van der Waals surface area (Å²) in [5.74, 6) is -0.217. The predicted octanol–water partition coefficient (Wildman–Crippen LogP) is 3.83. The molecule has 104 valence electrons. The van der Waals surface area contributed by atoms with Crippen LogP contribution in [-0.2, 0) is 0 Å². The molecule has 1 amide bonds. The van der Waals surface area contributed by atoms with Crippen LogP contribution in [0, 0.1) is 0 Å². The minimum Gasteiger partial charge on any atom is -0.398 e. The molecule has 0 aliphatic rings. The molecule has 1 heterocycles. The second-order valence-electron chi connectivity index (χ2n) is 4.57. The van der Waals surface area contributed by atoms with E-state index in [1.165, 1.54) is 0 Å². The molecule has 0 unspecified atom stereocenters. The quantitative estimate of drug-likeness (QED) is 0.696. The number of carbonyl (C=O) groups is 1. The van der Waals surface area contributed by atoms with Crippen molar-refractivity contribution in [3.05, 3.63) is 64.9 Å². The number of pyridine rings is 1. The Balaban J connectivity index is 1.99. The lowest BCUT2D eigenvalue weighted by molar-refractivity contribution is 0.102. The SMILES string of the molecule is Nc1cccc(C(=O)Nc2cccc3ccncc23)c1Br. The van der Waals surface area contributed by atoms with Gasteiger partial charge < -0.3 is 11.1 Å². The fourth-order valence-electron chi connectivity index (χ4n) is 2.14. The fraction of sp³-hybridized carbons (Fsp3) is 0. The van der Waals surface area contributed by atoms with Gasteiger partial charge >= 0.3 is 0 Å². The number of rotatable bonds is 2. The van der Waals surface area contributed by atoms with Gasteiger partial charge in [-0.25, -0.2) is 0 Å². The highest BCUT2D eigenvalue weighted by atomic mass is 79.9. The minimum absolute atomic E-state index is 0.217. The van der Waals surface area contributed by atoms with Gasteiger partial charge in [-0.1, -0.05) is 18.2 Å². The van der Waals surface area contributed by atoms with Crippen molar-refractivity contribution in [2.45, 2.75) is 0 Å². The summed E-state index contributed by atoms with van der Waals surface area (Å²) in [5, 5.41) is 4.82. The summed E-state index contributed by atoms with van der Waals surface area (Å²) >= 11 is 3.35. The molecule has 21 heavy (non-hydrogen) atoms. The van der Waals surface area contributed by atoms with E-state index in [2.05, 4.69) is 26.2 Å². The van der Waals surface area contributed by atoms with Crippen molar-refractivity contribution in [2.75, 3.05) is 11.1 Å². The largest absolute Gasteiger partial charge is 0.398 e. The molecule has 0 aliphatic heterocycles. The molecule has 0 aliphatic carbocycles. The molecule has 3 N–H and O–H groups in total. The molecule has 3 rings (SSSR count). The lowest BCUT2D eigenvalue weighted by atomic mass is 10.1. The highest BCUT2D eigenvalue weighted by Gasteiger charge is 2.13. The van der Waals surface area contributed by atoms with Crippen LogP contribution in [0.2, 0.25) is 0 Å². The molecule has 0 atom stereocenters. The second-order valence-corrected chi connectivity index (χ2v) is 5.36. The van der Waals surface area contributed by atoms with E-state index < -0.39 is 0 Å². The number of nitrogens with zero attached hydrogens (tertiary/aromatic N) is 1. The number of nitrogens with two attached hydrogens (primary N) is 1. The van der Waals surface area contributed by atoms with Crippen LogP contribution >= 0.6 is 15.9 Å². The average Bonchev–Trinajstić information content (AvgIpc) is 2.50. The van der Waals surface area contributed by atoms with Gasteiger partial charge in [0, 0.05) is 23.5 Å². The Hall–Kier alpha value is -2.40. The topological polar surface area (TPSA) is 68.0 Å². The molecule has 2 aromatic carbocycles. The summed E-state index contributed by atoms with van der Waals surface area (Å²) in [7, 11) is 0. The van der Waals surface area contributed by atoms with Crippen molar-refractivity contribution in [1.82, 2.24) is 4.98 Å². The summed E-state index contributed by atoms with van der Waals surface area (Å²) in [6.07, 6.45) is 3.46. The third kappa shape index (κ3) is 2.60. The Morgan fingerprint density at radius 3 is 2.81 bits per heavy atom. The zero-order chi connectivity index (χ0) is 14.8. The van der Waals surface area contributed by atoms with Gasteiger partial charge in [-0.05, 0) is 45.6 Å². The molecular formula is C16H12BrN3O. The zero-order valence-electron chi connectivity index (χ0n) is 11.0. The Morgan fingerprint density at radius 1 is 1.14 bits per heavy atom. The second kappa shape index (κ2) is 5.54. The Bertz CT molecular complexity index is 827. The van der Waals surface area contributed by atoms with Crippen molar-refractivity contribution in [1.29, 1.82) is 0 Å². The van der Waals surface area contributed by atoms with Crippen LogP contribution in [0.3, 0.4) is 0 Å². The van der Waals surface area contributed by atoms with Crippen molar-refractivity contribution in [3.63, 3.8) is 0 Å². The number of amides is 1. The molecule has 3 aromatic rings. The van der Waals surface area contributed by atoms with Gasteiger partial charge in [0.15, 0.2) is 0 Å². The van der Waals surface area contributed by atoms with E-state index in [0.717, 1.165) is 16.5 Å². The highest BCUT2D eigenvalue weighted by molar-refractivity contribution is 9.10. The minimum atomic E-state index is -0.217. The van der Waals surface area contributed by atoms with Crippen molar-refractivity contribution in [2.24, 2.45) is 0 Å². The summed E-state index contributed by atoms with van der Waals surface area (Å²) in [4.78, 5) is 16.5. The number of carbonyl (C=O) groups excluding carboxylic acids is 1. The monoisotopic (exact) mass is 341 g/mol. The van der Waals surface area contributed by atoms with Crippen LogP contribution < -0.4 is 11.1 Å². The van der Waals surface area contributed by atoms with Crippen LogP contribution in [0.1, 0.15) is 10.4 Å². The summed E-state index contributed by atoms with van der Waals surface area (Å²) in [5.41, 5.74) is 7.55. The Labute approximate surface area is 130 Å². The van der Waals surface area contributed by atoms with E-state index in [1.807, 2.05) is 24.3 Å². The van der Waals surface area contributed by atoms with Crippen LogP contribution in [0.15, 0.2) is 59.3 Å². The Morgan fingerprint density at radius 2 is 1.95 bits per heavy atom. The van der Waals surface area contributed by atoms with E-state index in [1.54, 1.807) is 30.6 Å².